The number of fused-ring (bicyclic) bond motifs is 1. The number of carbonyl (C=O) groups excluding carboxylic acids is 1. The van der Waals surface area contributed by atoms with Crippen LogP contribution in [-0.2, 0) is 4.79 Å². The van der Waals surface area contributed by atoms with Gasteiger partial charge in [-0.3, -0.25) is 9.59 Å². The number of benzene rings is 2. The highest BCUT2D eigenvalue weighted by Crippen LogP contribution is 2.37. The highest BCUT2D eigenvalue weighted by Gasteiger charge is 2.27. The van der Waals surface area contributed by atoms with E-state index in [4.69, 9.17) is 22.1 Å². The third-order valence-electron chi connectivity index (χ3n) is 6.84. The molecule has 1 atom stereocenters. The minimum absolute atomic E-state index is 0.0255. The first-order valence-corrected chi connectivity index (χ1v) is 13.2. The molecule has 3 N–H and O–H groups in total. The van der Waals surface area contributed by atoms with Crippen LogP contribution in [0.15, 0.2) is 71.7 Å². The van der Waals surface area contributed by atoms with Gasteiger partial charge in [-0.2, -0.15) is 5.10 Å². The molecule has 0 aliphatic carbocycles. The second kappa shape index (κ2) is 11.3. The molecule has 39 heavy (non-hydrogen) atoms. The number of likely N-dealkylation sites (N-methyl/N-ethyl adjacent to an activating group) is 1. The number of carbonyl (C=O) groups is 1. The van der Waals surface area contributed by atoms with Crippen LogP contribution in [0.1, 0.15) is 18.9 Å². The molecule has 202 valence electrons. The first-order chi connectivity index (χ1) is 18.8. The Hall–Kier alpha value is -4.08. The van der Waals surface area contributed by atoms with Crippen molar-refractivity contribution in [2.24, 2.45) is 0 Å². The highest BCUT2D eigenvalue weighted by molar-refractivity contribution is 6.32. The van der Waals surface area contributed by atoms with Gasteiger partial charge < -0.3 is 24.8 Å². The van der Waals surface area contributed by atoms with Crippen LogP contribution in [0, 0.1) is 0 Å². The molecule has 2 aromatic carbocycles. The minimum atomic E-state index is -0.321. The van der Waals surface area contributed by atoms with Crippen LogP contribution in [0.4, 0.5) is 5.82 Å². The van der Waals surface area contributed by atoms with E-state index < -0.39 is 0 Å². The summed E-state index contributed by atoms with van der Waals surface area (Å²) in [5.41, 5.74) is 8.08. The number of nitrogens with two attached hydrogens (primary N) is 1. The number of ether oxygens (including phenoxy) is 1. The predicted octanol–water partition coefficient (Wildman–Crippen LogP) is 4.70. The summed E-state index contributed by atoms with van der Waals surface area (Å²) in [6, 6.07) is 14.7. The summed E-state index contributed by atoms with van der Waals surface area (Å²) in [7, 11) is 3.91. The van der Waals surface area contributed by atoms with Crippen LogP contribution in [-0.4, -0.2) is 64.2 Å². The summed E-state index contributed by atoms with van der Waals surface area (Å²) in [4.78, 5) is 29.7. The van der Waals surface area contributed by atoms with E-state index in [0.717, 1.165) is 24.0 Å². The number of amides is 1. The summed E-state index contributed by atoms with van der Waals surface area (Å²) in [5.74, 6) is 1.41. The van der Waals surface area contributed by atoms with Crippen molar-refractivity contribution in [3.8, 4) is 22.6 Å². The van der Waals surface area contributed by atoms with Crippen LogP contribution in [0.3, 0.4) is 0 Å². The maximum Gasteiger partial charge on any atom is 0.288 e. The van der Waals surface area contributed by atoms with Gasteiger partial charge in [0.25, 0.3) is 5.56 Å². The van der Waals surface area contributed by atoms with Gasteiger partial charge in [-0.15, -0.1) is 0 Å². The Labute approximate surface area is 231 Å². The first kappa shape index (κ1) is 26.5. The fraction of sp³-hybridized carbons (Fsp3) is 0.276. The maximum atomic E-state index is 13.0. The molecule has 4 aromatic rings. The number of halogens is 1. The van der Waals surface area contributed by atoms with Gasteiger partial charge in [0.1, 0.15) is 17.0 Å². The number of nitrogen functional groups attached to an aromatic ring is 1. The Morgan fingerprint density at radius 1 is 1.23 bits per heavy atom. The number of piperidine rings is 1. The average Bonchev–Trinajstić information content (AvgIpc) is 3.34. The molecule has 0 bridgehead atoms. The number of rotatable bonds is 7. The molecule has 0 radical (unpaired) electrons. The number of para-hydroxylation sites is 1. The summed E-state index contributed by atoms with van der Waals surface area (Å²) < 4.78 is 7.89. The second-order valence-corrected chi connectivity index (χ2v) is 10.3. The zero-order valence-corrected chi connectivity index (χ0v) is 22.7. The van der Waals surface area contributed by atoms with Gasteiger partial charge >= 0.3 is 0 Å². The summed E-state index contributed by atoms with van der Waals surface area (Å²) >= 11 is 6.23. The molecule has 1 saturated heterocycles. The Balaban J connectivity index is 1.46. The van der Waals surface area contributed by atoms with Gasteiger partial charge in [0.2, 0.25) is 5.91 Å². The average molecular weight is 547 g/mol. The van der Waals surface area contributed by atoms with Gasteiger partial charge in [-0.1, -0.05) is 41.9 Å². The molecule has 1 amide bonds. The smallest absolute Gasteiger partial charge is 0.288 e. The van der Waals surface area contributed by atoms with E-state index >= 15 is 0 Å². The largest absolute Gasteiger partial charge is 0.456 e. The van der Waals surface area contributed by atoms with Gasteiger partial charge in [0.05, 0.1) is 16.5 Å². The molecule has 3 heterocycles. The van der Waals surface area contributed by atoms with Gasteiger partial charge in [0.15, 0.2) is 5.82 Å². The van der Waals surface area contributed by atoms with Crippen LogP contribution in [0.25, 0.3) is 22.0 Å². The standard InChI is InChI=1S/C29H31ClN6O3/c1-34(2)15-6-10-25(37)35-16-5-7-20(17-35)36-18-22(26-27(36)29(38)33-32-28(26)31)19-11-13-21(14-12-19)39-24-9-4-3-8-23(24)30/h3-4,6,8-14,18,20H,5,7,15-17H2,1-2H3,(H2,31,32)(H,33,38)/b10-6+/t20-/m1/s1. The third-order valence-corrected chi connectivity index (χ3v) is 7.16. The van der Waals surface area contributed by atoms with Crippen molar-refractivity contribution in [1.29, 1.82) is 0 Å². The van der Waals surface area contributed by atoms with Gasteiger partial charge in [-0.05, 0) is 56.8 Å². The number of aromatic amines is 1. The minimum Gasteiger partial charge on any atom is -0.456 e. The molecule has 1 aliphatic rings. The van der Waals surface area contributed by atoms with Crippen molar-refractivity contribution in [3.05, 3.63) is 82.3 Å². The molecule has 1 aliphatic heterocycles. The first-order valence-electron chi connectivity index (χ1n) is 12.8. The van der Waals surface area contributed by atoms with Crippen molar-refractivity contribution in [2.45, 2.75) is 18.9 Å². The molecule has 9 nitrogen and oxygen atoms in total. The summed E-state index contributed by atoms with van der Waals surface area (Å²) in [6.07, 6.45) is 7.11. The Morgan fingerprint density at radius 3 is 2.74 bits per heavy atom. The summed E-state index contributed by atoms with van der Waals surface area (Å²) in [6.45, 7) is 1.87. The molecule has 10 heteroatoms. The quantitative estimate of drug-likeness (QED) is 0.325. The van der Waals surface area contributed by atoms with Crippen molar-refractivity contribution in [2.75, 3.05) is 39.5 Å². The van der Waals surface area contributed by atoms with Crippen molar-refractivity contribution >= 4 is 34.2 Å². The topological polar surface area (TPSA) is 109 Å². The van der Waals surface area contributed by atoms with E-state index in [1.165, 1.54) is 0 Å². The van der Waals surface area contributed by atoms with Crippen LogP contribution < -0.4 is 16.0 Å². The number of aromatic nitrogens is 3. The lowest BCUT2D eigenvalue weighted by Gasteiger charge is -2.33. The lowest BCUT2D eigenvalue weighted by Crippen LogP contribution is -2.40. The molecule has 0 spiro atoms. The fourth-order valence-corrected chi connectivity index (χ4v) is 5.12. The van der Waals surface area contributed by atoms with Gasteiger partial charge in [-0.25, -0.2) is 5.10 Å². The highest BCUT2D eigenvalue weighted by atomic mass is 35.5. The normalized spacial score (nSPS) is 15.9. The van der Waals surface area contributed by atoms with E-state index in [0.29, 0.717) is 47.1 Å². The predicted molar refractivity (Wildman–Crippen MR) is 154 cm³/mol. The molecule has 1 fully saturated rings. The Bertz CT molecular complexity index is 1570. The lowest BCUT2D eigenvalue weighted by atomic mass is 10.1. The maximum absolute atomic E-state index is 13.0. The van der Waals surface area contributed by atoms with Crippen molar-refractivity contribution in [3.63, 3.8) is 0 Å². The second-order valence-electron chi connectivity index (χ2n) is 9.91. The molecular formula is C29H31ClN6O3. The van der Waals surface area contributed by atoms with E-state index in [9.17, 15) is 9.59 Å². The van der Waals surface area contributed by atoms with Crippen molar-refractivity contribution in [1.82, 2.24) is 24.6 Å². The number of nitrogens with one attached hydrogen (secondary N) is 1. The number of likely N-dealkylation sites (tertiary alicyclic amines) is 1. The van der Waals surface area contributed by atoms with E-state index in [1.807, 2.05) is 77.1 Å². The van der Waals surface area contributed by atoms with Crippen molar-refractivity contribution < 1.29 is 9.53 Å². The Morgan fingerprint density at radius 2 is 2.00 bits per heavy atom. The molecule has 0 saturated carbocycles. The fourth-order valence-electron chi connectivity index (χ4n) is 4.95. The molecule has 5 rings (SSSR count). The van der Waals surface area contributed by atoms with Gasteiger partial charge in [0, 0.05) is 37.5 Å². The lowest BCUT2D eigenvalue weighted by molar-refractivity contribution is -0.127. The number of hydrogen-bond acceptors (Lipinski definition) is 6. The number of nitrogens with zero attached hydrogens (tertiary/aromatic N) is 4. The van der Waals surface area contributed by atoms with E-state index in [2.05, 4.69) is 10.2 Å². The third kappa shape index (κ3) is 5.69. The number of anilines is 1. The van der Waals surface area contributed by atoms with Crippen LogP contribution in [0.5, 0.6) is 11.5 Å². The zero-order chi connectivity index (χ0) is 27.5. The molecule has 0 unspecified atom stereocenters. The number of H-pyrrole nitrogens is 1. The van der Waals surface area contributed by atoms with Crippen LogP contribution in [0.2, 0.25) is 5.02 Å². The molecular weight excluding hydrogens is 516 g/mol. The van der Waals surface area contributed by atoms with E-state index in [-0.39, 0.29) is 23.3 Å². The SMILES string of the molecule is CN(C)C/C=C/C(=O)N1CCC[C@@H](n2cc(-c3ccc(Oc4ccccc4Cl)cc3)c3c(N)n[nH]c(=O)c32)C1. The van der Waals surface area contributed by atoms with Crippen LogP contribution >= 0.6 is 11.6 Å². The summed E-state index contributed by atoms with van der Waals surface area (Å²) in [5, 5.41) is 7.67. The Kier molecular flexibility index (Phi) is 7.72. The number of hydrogen-bond donors (Lipinski definition) is 2. The van der Waals surface area contributed by atoms with E-state index in [1.54, 1.807) is 18.2 Å². The zero-order valence-electron chi connectivity index (χ0n) is 21.9. The molecule has 2 aromatic heterocycles. The monoisotopic (exact) mass is 546 g/mol.